The summed E-state index contributed by atoms with van der Waals surface area (Å²) in [4.78, 5) is 39.4. The van der Waals surface area contributed by atoms with Crippen molar-refractivity contribution in [2.45, 2.75) is 18.9 Å². The van der Waals surface area contributed by atoms with Crippen molar-refractivity contribution in [3.05, 3.63) is 41.7 Å². The molecule has 2 aromatic heterocycles. The second-order valence-electron chi connectivity index (χ2n) is 7.99. The van der Waals surface area contributed by atoms with E-state index in [0.29, 0.717) is 29.8 Å². The molecule has 0 unspecified atom stereocenters. The number of halogens is 1. The van der Waals surface area contributed by atoms with Crippen LogP contribution >= 0.6 is 11.6 Å². The van der Waals surface area contributed by atoms with Gasteiger partial charge in [0.15, 0.2) is 0 Å². The van der Waals surface area contributed by atoms with Crippen molar-refractivity contribution in [2.75, 3.05) is 39.0 Å². The summed E-state index contributed by atoms with van der Waals surface area (Å²) in [5.74, 6) is 0.431. The summed E-state index contributed by atoms with van der Waals surface area (Å²) in [6, 6.07) is 7.86. The summed E-state index contributed by atoms with van der Waals surface area (Å²) >= 11 is 6.41. The first-order valence-corrected chi connectivity index (χ1v) is 10.9. The number of likely N-dealkylation sites (tertiary alicyclic amines) is 1. The first-order chi connectivity index (χ1) is 15.4. The van der Waals surface area contributed by atoms with Crippen LogP contribution in [0.2, 0.25) is 5.02 Å². The summed E-state index contributed by atoms with van der Waals surface area (Å²) < 4.78 is 0. The number of piperidine rings is 1. The number of H-pyrrole nitrogens is 1. The van der Waals surface area contributed by atoms with Crippen LogP contribution in [0.15, 0.2) is 36.7 Å². The van der Waals surface area contributed by atoms with Crippen LogP contribution in [0.1, 0.15) is 12.8 Å². The predicted molar refractivity (Wildman–Crippen MR) is 125 cm³/mol. The molecular weight excluding hydrogens is 430 g/mol. The molecule has 0 saturated carbocycles. The highest BCUT2D eigenvalue weighted by Gasteiger charge is 2.24. The molecule has 0 aliphatic carbocycles. The first-order valence-electron chi connectivity index (χ1n) is 10.5. The smallest absolute Gasteiger partial charge is 0.317 e. The number of aromatic nitrogens is 3. The fraction of sp³-hybridized carbons (Fsp3) is 0.364. The van der Waals surface area contributed by atoms with Crippen molar-refractivity contribution < 1.29 is 9.59 Å². The number of fused-ring (bicyclic) bond motifs is 1. The van der Waals surface area contributed by atoms with Crippen LogP contribution < -0.4 is 10.6 Å². The van der Waals surface area contributed by atoms with E-state index in [1.54, 1.807) is 25.2 Å². The van der Waals surface area contributed by atoms with Crippen molar-refractivity contribution in [2.24, 2.45) is 0 Å². The molecule has 10 heteroatoms. The molecule has 3 aromatic rings. The molecule has 1 aromatic carbocycles. The number of hydrogen-bond acceptors (Lipinski definition) is 5. The predicted octanol–water partition coefficient (Wildman–Crippen LogP) is 2.95. The minimum absolute atomic E-state index is 0.00336. The third-order valence-corrected chi connectivity index (χ3v) is 5.84. The number of amides is 3. The maximum Gasteiger partial charge on any atom is 0.317 e. The highest BCUT2D eigenvalue weighted by Crippen LogP contribution is 2.32. The zero-order chi connectivity index (χ0) is 22.7. The Morgan fingerprint density at radius 1 is 1.25 bits per heavy atom. The summed E-state index contributed by atoms with van der Waals surface area (Å²) in [6.45, 7) is 1.22. The molecule has 4 rings (SSSR count). The van der Waals surface area contributed by atoms with E-state index in [9.17, 15) is 9.59 Å². The van der Waals surface area contributed by atoms with Gasteiger partial charge in [0.05, 0.1) is 23.5 Å². The Morgan fingerprint density at radius 3 is 2.75 bits per heavy atom. The minimum atomic E-state index is -0.277. The molecule has 1 aliphatic heterocycles. The second kappa shape index (κ2) is 9.44. The zero-order valence-electron chi connectivity index (χ0n) is 18.1. The summed E-state index contributed by atoms with van der Waals surface area (Å²) in [6.07, 6.45) is 5.05. The van der Waals surface area contributed by atoms with Crippen LogP contribution in [0.5, 0.6) is 0 Å². The zero-order valence-corrected chi connectivity index (χ0v) is 18.8. The molecule has 0 radical (unpaired) electrons. The Balaban J connectivity index is 1.37. The number of carbonyl (C=O) groups is 2. The lowest BCUT2D eigenvalue weighted by molar-refractivity contribution is -0.131. The van der Waals surface area contributed by atoms with Gasteiger partial charge < -0.3 is 25.4 Å². The maximum absolute atomic E-state index is 12.3. The molecular formula is C22H26ClN7O2. The molecule has 3 amide bonds. The minimum Gasteiger partial charge on any atom is -0.360 e. The van der Waals surface area contributed by atoms with E-state index in [0.717, 1.165) is 29.3 Å². The van der Waals surface area contributed by atoms with E-state index in [1.165, 1.54) is 4.90 Å². The highest BCUT2D eigenvalue weighted by molar-refractivity contribution is 6.33. The number of hydrogen-bond donors (Lipinski definition) is 3. The molecule has 3 heterocycles. The number of anilines is 1. The number of para-hydroxylation sites is 1. The largest absolute Gasteiger partial charge is 0.360 e. The van der Waals surface area contributed by atoms with Gasteiger partial charge in [0.2, 0.25) is 11.9 Å². The Morgan fingerprint density at radius 2 is 2.00 bits per heavy atom. The summed E-state index contributed by atoms with van der Waals surface area (Å²) in [5.41, 5.74) is 2.62. The topological polar surface area (TPSA) is 106 Å². The monoisotopic (exact) mass is 455 g/mol. The van der Waals surface area contributed by atoms with E-state index in [2.05, 4.69) is 25.6 Å². The van der Waals surface area contributed by atoms with Gasteiger partial charge in [0.1, 0.15) is 0 Å². The molecule has 1 aliphatic rings. The first kappa shape index (κ1) is 21.9. The molecule has 32 heavy (non-hydrogen) atoms. The van der Waals surface area contributed by atoms with E-state index in [4.69, 9.17) is 11.6 Å². The lowest BCUT2D eigenvalue weighted by Gasteiger charge is -2.32. The molecule has 0 spiro atoms. The number of nitrogens with zero attached hydrogens (tertiary/aromatic N) is 4. The van der Waals surface area contributed by atoms with Gasteiger partial charge in [-0.25, -0.2) is 14.8 Å². The van der Waals surface area contributed by atoms with Gasteiger partial charge in [0, 0.05) is 55.9 Å². The Labute approximate surface area is 191 Å². The Hall–Kier alpha value is -3.33. The van der Waals surface area contributed by atoms with E-state index in [1.807, 2.05) is 30.5 Å². The molecule has 9 nitrogen and oxygen atoms in total. The number of rotatable bonds is 5. The van der Waals surface area contributed by atoms with Crippen LogP contribution in [0.3, 0.4) is 0 Å². The molecule has 3 N–H and O–H groups in total. The van der Waals surface area contributed by atoms with Crippen molar-refractivity contribution in [3.8, 4) is 11.3 Å². The third kappa shape index (κ3) is 4.77. The van der Waals surface area contributed by atoms with Gasteiger partial charge >= 0.3 is 6.03 Å². The molecule has 168 valence electrons. The van der Waals surface area contributed by atoms with Crippen LogP contribution in [-0.4, -0.2) is 76.5 Å². The van der Waals surface area contributed by atoms with Crippen molar-refractivity contribution in [3.63, 3.8) is 0 Å². The maximum atomic E-state index is 12.3. The van der Waals surface area contributed by atoms with Crippen molar-refractivity contribution in [1.82, 2.24) is 30.1 Å². The fourth-order valence-electron chi connectivity index (χ4n) is 3.77. The van der Waals surface area contributed by atoms with Crippen LogP contribution in [0, 0.1) is 0 Å². The fourth-order valence-corrected chi connectivity index (χ4v) is 3.96. The van der Waals surface area contributed by atoms with Gasteiger partial charge in [-0.1, -0.05) is 29.8 Å². The molecule has 1 fully saturated rings. The van der Waals surface area contributed by atoms with E-state index >= 15 is 0 Å². The van der Waals surface area contributed by atoms with Gasteiger partial charge in [-0.2, -0.15) is 0 Å². The van der Waals surface area contributed by atoms with Crippen molar-refractivity contribution in [1.29, 1.82) is 0 Å². The van der Waals surface area contributed by atoms with Gasteiger partial charge in [0.25, 0.3) is 0 Å². The molecule has 1 saturated heterocycles. The second-order valence-corrected chi connectivity index (χ2v) is 8.40. The van der Waals surface area contributed by atoms with Crippen LogP contribution in [0.25, 0.3) is 22.2 Å². The molecule has 0 atom stereocenters. The van der Waals surface area contributed by atoms with Gasteiger partial charge in [-0.05, 0) is 18.9 Å². The number of urea groups is 1. The summed E-state index contributed by atoms with van der Waals surface area (Å²) in [5, 5.41) is 7.53. The molecule has 0 bridgehead atoms. The van der Waals surface area contributed by atoms with Crippen molar-refractivity contribution >= 4 is 40.4 Å². The van der Waals surface area contributed by atoms with E-state index < -0.39 is 0 Å². The van der Waals surface area contributed by atoms with Gasteiger partial charge in [-0.15, -0.1) is 0 Å². The number of carbonyl (C=O) groups excluding carboxylic acids is 2. The standard InChI is InChI=1S/C22H26ClN7O2/c1-29(2)22(32)26-13-19(31)30-9-7-14(8-10-30)27-21-25-12-17(23)20(28-21)16-11-24-18-6-4-3-5-15(16)18/h3-6,11-12,14,24H,7-10,13H2,1-2H3,(H,26,32)(H,25,27,28). The van der Waals surface area contributed by atoms with E-state index in [-0.39, 0.29) is 24.5 Å². The van der Waals surface area contributed by atoms with Crippen LogP contribution in [-0.2, 0) is 4.79 Å². The average molecular weight is 456 g/mol. The Bertz CT molecular complexity index is 1120. The van der Waals surface area contributed by atoms with Crippen LogP contribution in [0.4, 0.5) is 10.7 Å². The number of benzene rings is 1. The number of nitrogens with one attached hydrogen (secondary N) is 3. The number of aromatic amines is 1. The quantitative estimate of drug-likeness (QED) is 0.548. The lowest BCUT2D eigenvalue weighted by Crippen LogP contribution is -2.47. The lowest BCUT2D eigenvalue weighted by atomic mass is 10.1. The third-order valence-electron chi connectivity index (χ3n) is 5.57. The average Bonchev–Trinajstić information content (AvgIpc) is 3.23. The van der Waals surface area contributed by atoms with Gasteiger partial charge in [-0.3, -0.25) is 4.79 Å². The highest BCUT2D eigenvalue weighted by atomic mass is 35.5. The SMILES string of the molecule is CN(C)C(=O)NCC(=O)N1CCC(Nc2ncc(Cl)c(-c3c[nH]c4ccccc34)n2)CC1. The normalized spacial score (nSPS) is 14.4. The summed E-state index contributed by atoms with van der Waals surface area (Å²) in [7, 11) is 3.28. The Kier molecular flexibility index (Phi) is 6.45.